The van der Waals surface area contributed by atoms with Gasteiger partial charge in [0, 0.05) is 0 Å². The molecule has 0 spiro atoms. The van der Waals surface area contributed by atoms with E-state index in [0.717, 1.165) is 23.8 Å². The SMILES string of the molecule is C=CCOC(=O)Nc1ncnc2c1ncn2[C@@H]1O[C@H](COP(=O)(O)O[C@@H]2[C@H](O[Si](C)(C)C(C)(C)C)[C@@H](COC(c3ccccc3)(c3ccccc3)c3ccc(OC)cc3)O[C@H]2n2cnc3c(NC(=O)OCC=C)ncnc32)[C@@H](OC(=O)OCC=C)[C@H]1OC(=O)OCC=C. The highest BCUT2D eigenvalue weighted by atomic mass is 31.2. The van der Waals surface area contributed by atoms with E-state index in [0.29, 0.717) is 11.3 Å². The summed E-state index contributed by atoms with van der Waals surface area (Å²) in [6.07, 6.45) is -6.57. The van der Waals surface area contributed by atoms with Crippen LogP contribution in [0.2, 0.25) is 18.1 Å². The molecule has 31 heteroatoms. The standard InChI is InChI=1S/C62H71N10O19PSi/c1-11-29-80-57(73)69-51-45-53(65-35-63-51)71(37-67-45)55-49(89-60(76)83-32-14-4)47(88-59(75)82-31-13-3)44(87-55)34-85-92(77,78)90-50-48(91-93(9,10)61(5,6)7)43(86-56(50)72-38-68-46-52(64-36-66-54(46)72)70-58(74)81-30-12-2)33-84-62(39-21-17-15-18-22-39,40-23-19-16-20-24-40)41-25-27-42(79-8)28-26-41/h11-28,35-38,43-44,47-50,55-56H,1-4,29-34H2,5-10H3,(H,77,78)(H,63,65,69,73)(H,64,66,70,74)/t43-,44-,47-,48-,49-,50-,55-,56-/m1/s1. The zero-order valence-electron chi connectivity index (χ0n) is 51.7. The van der Waals surface area contributed by atoms with Crippen LogP contribution < -0.4 is 15.4 Å². The number of phosphoric ester groups is 1. The highest BCUT2D eigenvalue weighted by molar-refractivity contribution is 7.47. The van der Waals surface area contributed by atoms with Crippen LogP contribution >= 0.6 is 7.82 Å². The minimum absolute atomic E-state index is 0.00540. The van der Waals surface area contributed by atoms with E-state index in [-0.39, 0.29) is 67.0 Å². The van der Waals surface area contributed by atoms with E-state index in [9.17, 15) is 24.1 Å². The van der Waals surface area contributed by atoms with Gasteiger partial charge in [0.05, 0.1) is 33.0 Å². The van der Waals surface area contributed by atoms with Crippen molar-refractivity contribution in [2.75, 3.05) is 57.4 Å². The number of imidazole rings is 2. The molecule has 0 saturated carbocycles. The Hall–Kier alpha value is -9.23. The molecule has 93 heavy (non-hydrogen) atoms. The lowest BCUT2D eigenvalue weighted by molar-refractivity contribution is -0.0932. The van der Waals surface area contributed by atoms with Gasteiger partial charge in [0.1, 0.15) is 74.8 Å². The molecule has 2 aliphatic rings. The molecule has 0 bridgehead atoms. The summed E-state index contributed by atoms with van der Waals surface area (Å²) in [5, 5.41) is 4.54. The van der Waals surface area contributed by atoms with Crippen molar-refractivity contribution < 1.29 is 89.5 Å². The van der Waals surface area contributed by atoms with Crippen LogP contribution in [0.15, 0.2) is 161 Å². The van der Waals surface area contributed by atoms with Gasteiger partial charge in [-0.15, -0.1) is 0 Å². The van der Waals surface area contributed by atoms with Gasteiger partial charge in [0.2, 0.25) is 0 Å². The number of hydrogen-bond acceptors (Lipinski definition) is 24. The van der Waals surface area contributed by atoms with Crippen LogP contribution in [0.4, 0.5) is 30.8 Å². The molecule has 6 heterocycles. The number of phosphoric acid groups is 1. The van der Waals surface area contributed by atoms with E-state index in [4.69, 9.17) is 60.8 Å². The maximum atomic E-state index is 15.3. The number of amides is 2. The number of hydrogen-bond donors (Lipinski definition) is 3. The van der Waals surface area contributed by atoms with E-state index in [1.54, 1.807) is 7.11 Å². The van der Waals surface area contributed by atoms with Crippen LogP contribution in [0, 0.1) is 0 Å². The number of methoxy groups -OCH3 is 1. The fourth-order valence-electron chi connectivity index (χ4n) is 9.99. The van der Waals surface area contributed by atoms with Crippen molar-refractivity contribution >= 4 is 74.6 Å². The van der Waals surface area contributed by atoms with Gasteiger partial charge in [-0.25, -0.2) is 53.6 Å². The third-order valence-electron chi connectivity index (χ3n) is 15.3. The monoisotopic (exact) mass is 1320 g/mol. The van der Waals surface area contributed by atoms with E-state index < -0.39 is 107 Å². The quantitative estimate of drug-likeness (QED) is 0.0102. The second-order valence-corrected chi connectivity index (χ2v) is 28.4. The Kier molecular flexibility index (Phi) is 22.0. The molecule has 2 amide bonds. The fourth-order valence-corrected chi connectivity index (χ4v) is 12.2. The first-order valence-corrected chi connectivity index (χ1v) is 33.4. The summed E-state index contributed by atoms with van der Waals surface area (Å²) in [5.41, 5.74) is 0.885. The second kappa shape index (κ2) is 30.0. The molecule has 1 unspecified atom stereocenters. The Balaban J connectivity index is 1.13. The number of fused-ring (bicyclic) bond motifs is 2. The van der Waals surface area contributed by atoms with Crippen molar-refractivity contribution in [1.29, 1.82) is 0 Å². The number of ether oxygens (including phenoxy) is 10. The minimum Gasteiger partial charge on any atom is -0.497 e. The Morgan fingerprint density at radius 3 is 1.54 bits per heavy atom. The van der Waals surface area contributed by atoms with Crippen molar-refractivity contribution in [2.24, 2.45) is 0 Å². The minimum atomic E-state index is -5.55. The van der Waals surface area contributed by atoms with Crippen LogP contribution in [0.1, 0.15) is 49.9 Å². The first kappa shape index (κ1) is 68.1. The molecule has 2 aliphatic heterocycles. The smallest absolute Gasteiger partial charge is 0.497 e. The van der Waals surface area contributed by atoms with Crippen LogP contribution in [0.3, 0.4) is 0 Å². The van der Waals surface area contributed by atoms with Crippen molar-refractivity contribution in [3.8, 4) is 5.75 Å². The van der Waals surface area contributed by atoms with Gasteiger partial charge in [-0.3, -0.25) is 28.8 Å². The number of nitrogens with one attached hydrogen (secondary N) is 2. The zero-order valence-corrected chi connectivity index (χ0v) is 53.6. The Labute approximate surface area is 535 Å². The first-order chi connectivity index (χ1) is 44.6. The number of carbonyl (C=O) groups is 4. The van der Waals surface area contributed by atoms with Gasteiger partial charge in [0.15, 0.2) is 66.9 Å². The molecule has 0 radical (unpaired) electrons. The van der Waals surface area contributed by atoms with E-state index in [1.165, 1.54) is 46.1 Å². The summed E-state index contributed by atoms with van der Waals surface area (Å²) in [7, 11) is -7.02. The Morgan fingerprint density at radius 1 is 0.613 bits per heavy atom. The number of nitrogens with zero attached hydrogens (tertiary/aromatic N) is 8. The molecule has 2 saturated heterocycles. The van der Waals surface area contributed by atoms with E-state index in [1.807, 2.05) is 119 Å². The number of rotatable bonds is 28. The highest BCUT2D eigenvalue weighted by Crippen LogP contribution is 2.53. The molecular weight excluding hydrogens is 1250 g/mol. The van der Waals surface area contributed by atoms with Crippen LogP contribution in [-0.2, 0) is 66.3 Å². The zero-order chi connectivity index (χ0) is 66.5. The topological polar surface area (TPSA) is 337 Å². The van der Waals surface area contributed by atoms with Gasteiger partial charge in [-0.1, -0.05) is 144 Å². The van der Waals surface area contributed by atoms with Crippen molar-refractivity contribution in [3.63, 3.8) is 0 Å². The van der Waals surface area contributed by atoms with Crippen molar-refractivity contribution in [1.82, 2.24) is 39.0 Å². The molecule has 9 atom stereocenters. The second-order valence-electron chi connectivity index (χ2n) is 22.2. The lowest BCUT2D eigenvalue weighted by Crippen LogP contribution is -2.50. The average Bonchev–Trinajstić information content (AvgIpc) is 1.75. The molecular formula is C62H71N10O19PSi. The lowest BCUT2D eigenvalue weighted by atomic mass is 9.80. The summed E-state index contributed by atoms with van der Waals surface area (Å²) >= 11 is 0. The molecule has 29 nitrogen and oxygen atoms in total. The maximum Gasteiger partial charge on any atom is 0.509 e. The third-order valence-corrected chi connectivity index (χ3v) is 20.7. The van der Waals surface area contributed by atoms with Gasteiger partial charge in [-0.05, 0) is 47.0 Å². The Morgan fingerprint density at radius 2 is 1.06 bits per heavy atom. The molecule has 492 valence electrons. The van der Waals surface area contributed by atoms with Gasteiger partial charge < -0.3 is 56.7 Å². The lowest BCUT2D eigenvalue weighted by Gasteiger charge is -2.41. The molecule has 2 fully saturated rings. The predicted octanol–water partition coefficient (Wildman–Crippen LogP) is 10.3. The van der Waals surface area contributed by atoms with Crippen molar-refractivity contribution in [3.05, 3.63) is 178 Å². The molecule has 4 aromatic heterocycles. The summed E-state index contributed by atoms with van der Waals surface area (Å²) in [6, 6.07) is 26.5. The van der Waals surface area contributed by atoms with Gasteiger partial charge in [0.25, 0.3) is 0 Å². The molecule has 3 N–H and O–H groups in total. The summed E-state index contributed by atoms with van der Waals surface area (Å²) < 4.78 is 96.5. The Bertz CT molecular complexity index is 3800. The van der Waals surface area contributed by atoms with Gasteiger partial charge >= 0.3 is 32.3 Å². The van der Waals surface area contributed by atoms with Gasteiger partial charge in [-0.2, -0.15) is 0 Å². The number of carbonyl (C=O) groups excluding carboxylic acids is 4. The maximum absolute atomic E-state index is 15.3. The predicted molar refractivity (Wildman–Crippen MR) is 336 cm³/mol. The third kappa shape index (κ3) is 15.6. The fraction of sp³-hybridized carbons (Fsp3) is 0.355. The molecule has 7 aromatic rings. The van der Waals surface area contributed by atoms with Crippen LogP contribution in [0.5, 0.6) is 5.75 Å². The average molecular weight is 1320 g/mol. The van der Waals surface area contributed by atoms with E-state index >= 15 is 4.57 Å². The summed E-state index contributed by atoms with van der Waals surface area (Å²) in [5.74, 6) is 0.433. The molecule has 9 rings (SSSR count). The first-order valence-electron chi connectivity index (χ1n) is 29.0. The normalized spacial score (nSPS) is 20.4. The van der Waals surface area contributed by atoms with Crippen LogP contribution in [-0.4, -0.2) is 160 Å². The van der Waals surface area contributed by atoms with Crippen LogP contribution in [0.25, 0.3) is 22.3 Å². The van der Waals surface area contributed by atoms with Crippen molar-refractivity contribution in [2.45, 2.75) is 93.6 Å². The number of aromatic nitrogens is 8. The molecule has 0 aliphatic carbocycles. The largest absolute Gasteiger partial charge is 0.509 e. The summed E-state index contributed by atoms with van der Waals surface area (Å²) in [6.45, 7) is 22.1. The number of anilines is 2. The van der Waals surface area contributed by atoms with E-state index in [2.05, 4.69) is 66.9 Å². The number of benzene rings is 3. The highest BCUT2D eigenvalue weighted by Gasteiger charge is 2.57. The molecule has 3 aromatic carbocycles. The summed E-state index contributed by atoms with van der Waals surface area (Å²) in [4.78, 5) is 91.1.